The van der Waals surface area contributed by atoms with Gasteiger partial charge in [0, 0.05) is 0 Å². The van der Waals surface area contributed by atoms with Crippen molar-refractivity contribution in [3.05, 3.63) is 23.8 Å². The molecule has 0 saturated carbocycles. The van der Waals surface area contributed by atoms with Crippen molar-refractivity contribution in [1.29, 1.82) is 0 Å². The summed E-state index contributed by atoms with van der Waals surface area (Å²) in [4.78, 5) is 0. The summed E-state index contributed by atoms with van der Waals surface area (Å²) in [6.07, 6.45) is 0. The van der Waals surface area contributed by atoms with Crippen LogP contribution in [0.25, 0.3) is 0 Å². The van der Waals surface area contributed by atoms with Gasteiger partial charge >= 0.3 is 92.1 Å². The standard InChI is InChI=1S/C10H15NO2Se/c1-12-7-3-4-8(9(11)6-14)10(5-7)13-2/h3-5,9,14H,6,11H2,1-2H3. The van der Waals surface area contributed by atoms with Gasteiger partial charge in [-0.15, -0.1) is 0 Å². The zero-order valence-corrected chi connectivity index (χ0v) is 10.2. The van der Waals surface area contributed by atoms with Crippen LogP contribution >= 0.6 is 0 Å². The molecule has 0 aromatic heterocycles. The Morgan fingerprint density at radius 3 is 2.57 bits per heavy atom. The van der Waals surface area contributed by atoms with E-state index in [1.807, 2.05) is 18.2 Å². The molecule has 78 valence electrons. The molecule has 4 heteroatoms. The van der Waals surface area contributed by atoms with Gasteiger partial charge in [-0.25, -0.2) is 0 Å². The molecule has 0 spiro atoms. The van der Waals surface area contributed by atoms with Crippen LogP contribution in [-0.4, -0.2) is 30.2 Å². The number of rotatable bonds is 4. The van der Waals surface area contributed by atoms with E-state index in [1.165, 1.54) is 0 Å². The van der Waals surface area contributed by atoms with E-state index < -0.39 is 0 Å². The van der Waals surface area contributed by atoms with Crippen molar-refractivity contribution in [2.45, 2.75) is 11.4 Å². The molecular weight excluding hydrogens is 245 g/mol. The zero-order valence-electron chi connectivity index (χ0n) is 8.36. The maximum atomic E-state index is 5.93. The third-order valence-electron chi connectivity index (χ3n) is 2.04. The minimum absolute atomic E-state index is 0.00384. The Morgan fingerprint density at radius 2 is 2.07 bits per heavy atom. The van der Waals surface area contributed by atoms with E-state index in [-0.39, 0.29) is 6.04 Å². The van der Waals surface area contributed by atoms with E-state index in [0.717, 1.165) is 22.4 Å². The van der Waals surface area contributed by atoms with Crippen molar-refractivity contribution < 1.29 is 9.47 Å². The van der Waals surface area contributed by atoms with E-state index in [0.29, 0.717) is 0 Å². The second-order valence-electron chi connectivity index (χ2n) is 2.90. The minimum atomic E-state index is -0.00384. The first-order valence-corrected chi connectivity index (χ1v) is 5.64. The molecule has 0 radical (unpaired) electrons. The first-order chi connectivity index (χ1) is 6.72. The van der Waals surface area contributed by atoms with Crippen molar-refractivity contribution in [1.82, 2.24) is 0 Å². The summed E-state index contributed by atoms with van der Waals surface area (Å²) in [5.41, 5.74) is 6.93. The molecule has 0 fully saturated rings. The van der Waals surface area contributed by atoms with Gasteiger partial charge in [0.15, 0.2) is 0 Å². The van der Waals surface area contributed by atoms with Gasteiger partial charge in [-0.2, -0.15) is 0 Å². The van der Waals surface area contributed by atoms with E-state index >= 15 is 0 Å². The fraction of sp³-hybridized carbons (Fsp3) is 0.400. The van der Waals surface area contributed by atoms with Crippen LogP contribution in [0.15, 0.2) is 18.2 Å². The molecule has 0 saturated heterocycles. The second-order valence-corrected chi connectivity index (χ2v) is 3.66. The molecule has 0 amide bonds. The molecule has 1 aromatic rings. The number of hydrogen-bond donors (Lipinski definition) is 1. The normalized spacial score (nSPS) is 12.3. The van der Waals surface area contributed by atoms with Gasteiger partial charge in [-0.1, -0.05) is 0 Å². The SMILES string of the molecule is COc1ccc(C(N)C[SeH])c(OC)c1. The molecule has 1 rings (SSSR count). The van der Waals surface area contributed by atoms with E-state index in [9.17, 15) is 0 Å². The van der Waals surface area contributed by atoms with Crippen molar-refractivity contribution >= 4 is 16.0 Å². The Kier molecular flexibility index (Phi) is 4.26. The fourth-order valence-corrected chi connectivity index (χ4v) is 1.64. The number of methoxy groups -OCH3 is 2. The molecule has 0 aliphatic carbocycles. The first kappa shape index (κ1) is 11.4. The maximum absolute atomic E-state index is 5.93. The van der Waals surface area contributed by atoms with Gasteiger partial charge in [0.25, 0.3) is 0 Å². The number of hydrogen-bond acceptors (Lipinski definition) is 3. The van der Waals surface area contributed by atoms with Crippen LogP contribution in [0.1, 0.15) is 11.6 Å². The molecule has 1 unspecified atom stereocenters. The summed E-state index contributed by atoms with van der Waals surface area (Å²) in [7, 11) is 3.26. The molecule has 14 heavy (non-hydrogen) atoms. The van der Waals surface area contributed by atoms with Crippen LogP contribution in [0.3, 0.4) is 0 Å². The molecule has 1 aromatic carbocycles. The predicted molar refractivity (Wildman–Crippen MR) is 58.4 cm³/mol. The number of ether oxygens (including phenoxy) is 2. The van der Waals surface area contributed by atoms with Gasteiger partial charge in [-0.05, 0) is 0 Å². The average molecular weight is 260 g/mol. The van der Waals surface area contributed by atoms with E-state index in [2.05, 4.69) is 16.0 Å². The van der Waals surface area contributed by atoms with Crippen LogP contribution in [0, 0.1) is 0 Å². The molecule has 0 bridgehead atoms. The van der Waals surface area contributed by atoms with Crippen LogP contribution in [-0.2, 0) is 0 Å². The van der Waals surface area contributed by atoms with Gasteiger partial charge in [0.05, 0.1) is 0 Å². The number of nitrogens with two attached hydrogens (primary N) is 1. The molecule has 2 N–H and O–H groups in total. The summed E-state index contributed by atoms with van der Waals surface area (Å²) >= 11 is 2.48. The summed E-state index contributed by atoms with van der Waals surface area (Å²) in [6.45, 7) is 0. The molecule has 0 aliphatic heterocycles. The van der Waals surface area contributed by atoms with Crippen LogP contribution in [0.2, 0.25) is 5.32 Å². The van der Waals surface area contributed by atoms with Gasteiger partial charge in [0.2, 0.25) is 0 Å². The molecule has 0 aliphatic rings. The Bertz CT molecular complexity index is 304. The van der Waals surface area contributed by atoms with Crippen molar-refractivity contribution in [3.63, 3.8) is 0 Å². The first-order valence-electron chi connectivity index (χ1n) is 4.31. The van der Waals surface area contributed by atoms with Gasteiger partial charge < -0.3 is 0 Å². The fourth-order valence-electron chi connectivity index (χ4n) is 1.22. The van der Waals surface area contributed by atoms with Gasteiger partial charge in [-0.3, -0.25) is 0 Å². The molecular formula is C10H15NO2Se. The van der Waals surface area contributed by atoms with E-state index in [4.69, 9.17) is 15.2 Å². The summed E-state index contributed by atoms with van der Waals surface area (Å²) < 4.78 is 10.3. The number of benzene rings is 1. The van der Waals surface area contributed by atoms with Crippen molar-refractivity contribution in [3.8, 4) is 11.5 Å². The zero-order chi connectivity index (χ0) is 10.6. The van der Waals surface area contributed by atoms with E-state index in [1.54, 1.807) is 14.2 Å². The van der Waals surface area contributed by atoms with Crippen molar-refractivity contribution in [2.75, 3.05) is 14.2 Å². The Hall–Kier alpha value is -0.701. The molecule has 0 heterocycles. The quantitative estimate of drug-likeness (QED) is 0.822. The van der Waals surface area contributed by atoms with Crippen LogP contribution in [0.5, 0.6) is 11.5 Å². The summed E-state index contributed by atoms with van der Waals surface area (Å²) in [5.74, 6) is 1.56. The predicted octanol–water partition coefficient (Wildman–Crippen LogP) is 1.02. The van der Waals surface area contributed by atoms with Crippen LogP contribution in [0.4, 0.5) is 0 Å². The third-order valence-corrected chi connectivity index (χ3v) is 2.86. The van der Waals surface area contributed by atoms with Crippen LogP contribution < -0.4 is 15.2 Å². The Labute approximate surface area is 92.4 Å². The summed E-state index contributed by atoms with van der Waals surface area (Å²) in [5, 5.41) is 0.829. The van der Waals surface area contributed by atoms with Crippen molar-refractivity contribution in [2.24, 2.45) is 5.73 Å². The summed E-state index contributed by atoms with van der Waals surface area (Å²) in [6, 6.07) is 5.67. The topological polar surface area (TPSA) is 44.5 Å². The van der Waals surface area contributed by atoms with Gasteiger partial charge in [0.1, 0.15) is 0 Å². The third kappa shape index (κ3) is 2.41. The Morgan fingerprint density at radius 1 is 1.36 bits per heavy atom. The Balaban J connectivity index is 3.04. The second kappa shape index (κ2) is 5.25. The average Bonchev–Trinajstić information content (AvgIpc) is 2.27. The molecule has 1 atom stereocenters. The molecule has 3 nitrogen and oxygen atoms in total. The monoisotopic (exact) mass is 261 g/mol.